The van der Waals surface area contributed by atoms with Gasteiger partial charge in [0.05, 0.1) is 16.4 Å². The quantitative estimate of drug-likeness (QED) is 0.855. The lowest BCUT2D eigenvalue weighted by atomic mass is 9.86. The minimum atomic E-state index is 0.497. The average molecular weight is 260 g/mol. The minimum absolute atomic E-state index is 0.497. The molecule has 1 aromatic heterocycles. The van der Waals surface area contributed by atoms with Gasteiger partial charge >= 0.3 is 0 Å². The normalized spacial score (nSPS) is 15.3. The van der Waals surface area contributed by atoms with E-state index < -0.39 is 0 Å². The zero-order valence-electron chi connectivity index (χ0n) is 10.1. The first-order chi connectivity index (χ1) is 8.83. The third kappa shape index (κ3) is 2.34. The summed E-state index contributed by atoms with van der Waals surface area (Å²) in [5.74, 6) is 1.43. The summed E-state index contributed by atoms with van der Waals surface area (Å²) >= 11 is 1.75. The van der Waals surface area contributed by atoms with E-state index >= 15 is 0 Å². The van der Waals surface area contributed by atoms with Gasteiger partial charge in [-0.05, 0) is 25.0 Å². The van der Waals surface area contributed by atoms with Gasteiger partial charge < -0.3 is 10.5 Å². The molecule has 0 unspecified atom stereocenters. The topological polar surface area (TPSA) is 48.1 Å². The van der Waals surface area contributed by atoms with Crippen molar-refractivity contribution in [1.29, 1.82) is 0 Å². The van der Waals surface area contributed by atoms with Crippen molar-refractivity contribution in [2.75, 3.05) is 5.73 Å². The molecule has 94 valence electrons. The van der Waals surface area contributed by atoms with Gasteiger partial charge in [-0.3, -0.25) is 0 Å². The molecule has 1 saturated carbocycles. The number of anilines is 1. The Morgan fingerprint density at radius 3 is 2.89 bits per heavy atom. The smallest absolute Gasteiger partial charge is 0.142 e. The molecule has 2 N–H and O–H groups in total. The van der Waals surface area contributed by atoms with E-state index in [1.54, 1.807) is 11.3 Å². The van der Waals surface area contributed by atoms with Crippen molar-refractivity contribution in [2.24, 2.45) is 0 Å². The summed E-state index contributed by atoms with van der Waals surface area (Å²) in [5.41, 5.74) is 7.50. The number of nitrogens with zero attached hydrogens (tertiary/aromatic N) is 1. The molecule has 1 heterocycles. The number of aromatic nitrogens is 1. The second-order valence-corrected chi connectivity index (χ2v) is 5.52. The van der Waals surface area contributed by atoms with Crippen LogP contribution in [0.15, 0.2) is 29.6 Å². The summed E-state index contributed by atoms with van der Waals surface area (Å²) in [6, 6.07) is 7.55. The van der Waals surface area contributed by atoms with Crippen molar-refractivity contribution >= 4 is 17.0 Å². The molecule has 0 spiro atoms. The van der Waals surface area contributed by atoms with Crippen molar-refractivity contribution in [3.05, 3.63) is 40.3 Å². The molecule has 2 aromatic rings. The standard InChI is InChI=1S/C14H16N2OS/c15-12-6-1-2-7-13(12)17-8-11-9-18-14(16-11)10-4-3-5-10/h1-2,6-7,9-10H,3-5,8,15H2. The Morgan fingerprint density at radius 1 is 1.33 bits per heavy atom. The molecular weight excluding hydrogens is 244 g/mol. The fraction of sp³-hybridized carbons (Fsp3) is 0.357. The lowest BCUT2D eigenvalue weighted by Gasteiger charge is -2.22. The zero-order chi connectivity index (χ0) is 12.4. The Balaban J connectivity index is 1.63. The van der Waals surface area contributed by atoms with Crippen LogP contribution in [0.2, 0.25) is 0 Å². The lowest BCUT2D eigenvalue weighted by molar-refractivity contribution is 0.303. The van der Waals surface area contributed by atoms with Gasteiger partial charge in [-0.15, -0.1) is 11.3 Å². The number of hydrogen-bond donors (Lipinski definition) is 1. The van der Waals surface area contributed by atoms with E-state index in [1.165, 1.54) is 24.3 Å². The van der Waals surface area contributed by atoms with Gasteiger partial charge in [0.15, 0.2) is 0 Å². The Morgan fingerprint density at radius 2 is 2.17 bits per heavy atom. The van der Waals surface area contributed by atoms with Gasteiger partial charge in [0.1, 0.15) is 12.4 Å². The monoisotopic (exact) mass is 260 g/mol. The lowest BCUT2D eigenvalue weighted by Crippen LogP contribution is -2.08. The summed E-state index contributed by atoms with van der Waals surface area (Å²) < 4.78 is 5.69. The first-order valence-corrected chi connectivity index (χ1v) is 7.12. The second-order valence-electron chi connectivity index (χ2n) is 4.63. The molecule has 0 radical (unpaired) electrons. The van der Waals surface area contributed by atoms with Crippen LogP contribution >= 0.6 is 11.3 Å². The third-order valence-corrected chi connectivity index (χ3v) is 4.37. The zero-order valence-corrected chi connectivity index (χ0v) is 11.0. The molecular formula is C14H16N2OS. The number of nitrogen functional groups attached to an aromatic ring is 1. The molecule has 0 saturated heterocycles. The maximum atomic E-state index is 5.83. The number of nitrogens with two attached hydrogens (primary N) is 1. The van der Waals surface area contributed by atoms with Crippen LogP contribution in [0.4, 0.5) is 5.69 Å². The van der Waals surface area contributed by atoms with Crippen molar-refractivity contribution < 1.29 is 4.74 Å². The number of benzene rings is 1. The summed E-state index contributed by atoms with van der Waals surface area (Å²) in [5, 5.41) is 3.35. The highest BCUT2D eigenvalue weighted by atomic mass is 32.1. The molecule has 1 aliphatic rings. The number of thiazole rings is 1. The van der Waals surface area contributed by atoms with Gasteiger partial charge in [-0.1, -0.05) is 18.6 Å². The van der Waals surface area contributed by atoms with E-state index in [9.17, 15) is 0 Å². The van der Waals surface area contributed by atoms with Crippen LogP contribution in [0.5, 0.6) is 5.75 Å². The molecule has 3 rings (SSSR count). The molecule has 1 fully saturated rings. The fourth-order valence-electron chi connectivity index (χ4n) is 2.00. The first-order valence-electron chi connectivity index (χ1n) is 6.24. The minimum Gasteiger partial charge on any atom is -0.485 e. The van der Waals surface area contributed by atoms with E-state index in [4.69, 9.17) is 10.5 Å². The number of hydrogen-bond acceptors (Lipinski definition) is 4. The van der Waals surface area contributed by atoms with E-state index in [1.807, 2.05) is 24.3 Å². The molecule has 1 aromatic carbocycles. The van der Waals surface area contributed by atoms with Crippen LogP contribution < -0.4 is 10.5 Å². The SMILES string of the molecule is Nc1ccccc1OCc1csc(C2CCC2)n1. The van der Waals surface area contributed by atoms with Crippen LogP contribution in [-0.2, 0) is 6.61 Å². The van der Waals surface area contributed by atoms with Crippen LogP contribution in [0.25, 0.3) is 0 Å². The Labute approximate surface area is 111 Å². The van der Waals surface area contributed by atoms with Crippen molar-refractivity contribution in [3.8, 4) is 5.75 Å². The Kier molecular flexibility index (Phi) is 3.19. The van der Waals surface area contributed by atoms with Gasteiger partial charge in [0.2, 0.25) is 0 Å². The Hall–Kier alpha value is -1.55. The van der Waals surface area contributed by atoms with Crippen molar-refractivity contribution in [1.82, 2.24) is 4.98 Å². The van der Waals surface area contributed by atoms with E-state index in [0.29, 0.717) is 18.2 Å². The van der Waals surface area contributed by atoms with Crippen LogP contribution in [0, 0.1) is 0 Å². The number of para-hydroxylation sites is 2. The van der Waals surface area contributed by atoms with Crippen molar-refractivity contribution in [3.63, 3.8) is 0 Å². The molecule has 0 atom stereocenters. The fourth-order valence-corrected chi connectivity index (χ4v) is 2.97. The van der Waals surface area contributed by atoms with Crippen LogP contribution in [0.3, 0.4) is 0 Å². The van der Waals surface area contributed by atoms with Gasteiger partial charge in [0.25, 0.3) is 0 Å². The van der Waals surface area contributed by atoms with E-state index in [2.05, 4.69) is 10.4 Å². The summed E-state index contributed by atoms with van der Waals surface area (Å²) in [4.78, 5) is 4.63. The molecule has 18 heavy (non-hydrogen) atoms. The molecule has 0 amide bonds. The van der Waals surface area contributed by atoms with Crippen LogP contribution in [-0.4, -0.2) is 4.98 Å². The van der Waals surface area contributed by atoms with Gasteiger partial charge in [-0.2, -0.15) is 0 Å². The second kappa shape index (κ2) is 4.98. The molecule has 0 bridgehead atoms. The number of ether oxygens (including phenoxy) is 1. The largest absolute Gasteiger partial charge is 0.485 e. The van der Waals surface area contributed by atoms with E-state index in [0.717, 1.165) is 11.4 Å². The predicted molar refractivity (Wildman–Crippen MR) is 73.9 cm³/mol. The van der Waals surface area contributed by atoms with Gasteiger partial charge in [-0.25, -0.2) is 4.98 Å². The molecule has 4 heteroatoms. The molecule has 3 nitrogen and oxygen atoms in total. The molecule has 1 aliphatic carbocycles. The summed E-state index contributed by atoms with van der Waals surface area (Å²) in [6.07, 6.45) is 3.93. The highest BCUT2D eigenvalue weighted by molar-refractivity contribution is 7.09. The third-order valence-electron chi connectivity index (χ3n) is 3.32. The molecule has 0 aliphatic heterocycles. The average Bonchev–Trinajstić information content (AvgIpc) is 2.74. The maximum Gasteiger partial charge on any atom is 0.142 e. The number of rotatable bonds is 4. The summed E-state index contributed by atoms with van der Waals surface area (Å²) in [7, 11) is 0. The van der Waals surface area contributed by atoms with Crippen LogP contribution in [0.1, 0.15) is 35.9 Å². The van der Waals surface area contributed by atoms with E-state index in [-0.39, 0.29) is 0 Å². The van der Waals surface area contributed by atoms with Crippen molar-refractivity contribution in [2.45, 2.75) is 31.8 Å². The highest BCUT2D eigenvalue weighted by Crippen LogP contribution is 2.37. The Bertz CT molecular complexity index is 534. The van der Waals surface area contributed by atoms with Gasteiger partial charge in [0, 0.05) is 11.3 Å². The highest BCUT2D eigenvalue weighted by Gasteiger charge is 2.22. The summed E-state index contributed by atoms with van der Waals surface area (Å²) in [6.45, 7) is 0.497. The maximum absolute atomic E-state index is 5.83. The predicted octanol–water partition coefficient (Wildman–Crippen LogP) is 3.57. The first kappa shape index (κ1) is 11.5.